The van der Waals surface area contributed by atoms with Crippen LogP contribution in [0.2, 0.25) is 0 Å². The molecule has 1 saturated heterocycles. The van der Waals surface area contributed by atoms with Crippen LogP contribution in [0.3, 0.4) is 0 Å². The normalized spacial score (nSPS) is 17.8. The van der Waals surface area contributed by atoms with Crippen LogP contribution in [0.5, 0.6) is 0 Å². The summed E-state index contributed by atoms with van der Waals surface area (Å²) in [7, 11) is -1.78. The summed E-state index contributed by atoms with van der Waals surface area (Å²) in [6.07, 6.45) is 1.34. The molecule has 0 spiro atoms. The van der Waals surface area contributed by atoms with Gasteiger partial charge in [0, 0.05) is 37.6 Å². The number of hydrogen-bond acceptors (Lipinski definition) is 5. The number of methoxy groups -OCH3 is 1. The Labute approximate surface area is 134 Å². The van der Waals surface area contributed by atoms with Gasteiger partial charge in [-0.15, -0.1) is 0 Å². The van der Waals surface area contributed by atoms with E-state index in [2.05, 4.69) is 5.16 Å². The Morgan fingerprint density at radius 1 is 1.39 bits per heavy atom. The number of nitrogens with zero attached hydrogens (tertiary/aromatic N) is 2. The summed E-state index contributed by atoms with van der Waals surface area (Å²) in [4.78, 5) is 0. The third-order valence-corrected chi connectivity index (χ3v) is 6.08. The highest BCUT2D eigenvalue weighted by Gasteiger charge is 2.30. The summed E-state index contributed by atoms with van der Waals surface area (Å²) < 4.78 is 49.1. The lowest BCUT2D eigenvalue weighted by atomic mass is 9.92. The molecule has 1 aliphatic heterocycles. The van der Waals surface area contributed by atoms with Gasteiger partial charge in [-0.3, -0.25) is 0 Å². The second kappa shape index (κ2) is 6.54. The van der Waals surface area contributed by atoms with Crippen molar-refractivity contribution in [1.29, 1.82) is 0 Å². The number of benzene rings is 1. The van der Waals surface area contributed by atoms with Crippen molar-refractivity contribution in [1.82, 2.24) is 9.46 Å². The minimum Gasteiger partial charge on any atom is -0.384 e. The standard InChI is InChI=1S/C15H19FN2O4S/c1-21-8-9-23(19,20)18-6-4-11(5-7-18)15-13-3-2-12(16)10-14(13)22-17-15/h2-3,10-11H,4-9H2,1H3. The van der Waals surface area contributed by atoms with Gasteiger partial charge in [0.1, 0.15) is 5.82 Å². The molecule has 0 saturated carbocycles. The Kier molecular flexibility index (Phi) is 4.65. The highest BCUT2D eigenvalue weighted by Crippen LogP contribution is 2.33. The minimum absolute atomic E-state index is 0.000332. The predicted octanol–water partition coefficient (Wildman–Crippen LogP) is 2.12. The summed E-state index contributed by atoms with van der Waals surface area (Å²) in [6.45, 7) is 1.10. The lowest BCUT2D eigenvalue weighted by molar-refractivity contribution is 0.214. The lowest BCUT2D eigenvalue weighted by Crippen LogP contribution is -2.40. The van der Waals surface area contributed by atoms with Gasteiger partial charge in [-0.25, -0.2) is 17.1 Å². The van der Waals surface area contributed by atoms with Crippen molar-refractivity contribution in [3.05, 3.63) is 29.7 Å². The molecule has 3 rings (SSSR count). The molecule has 0 amide bonds. The fourth-order valence-electron chi connectivity index (χ4n) is 2.95. The third-order valence-electron chi connectivity index (χ3n) is 4.24. The maximum atomic E-state index is 13.2. The molecule has 1 fully saturated rings. The van der Waals surface area contributed by atoms with E-state index in [9.17, 15) is 12.8 Å². The summed E-state index contributed by atoms with van der Waals surface area (Å²) in [5, 5.41) is 4.87. The molecule has 126 valence electrons. The largest absolute Gasteiger partial charge is 0.384 e. The van der Waals surface area contributed by atoms with E-state index in [1.54, 1.807) is 6.07 Å². The molecule has 23 heavy (non-hydrogen) atoms. The van der Waals surface area contributed by atoms with Crippen molar-refractivity contribution in [3.63, 3.8) is 0 Å². The van der Waals surface area contributed by atoms with Crippen LogP contribution >= 0.6 is 0 Å². The molecule has 2 aromatic rings. The van der Waals surface area contributed by atoms with E-state index >= 15 is 0 Å². The van der Waals surface area contributed by atoms with Crippen LogP contribution in [0, 0.1) is 5.82 Å². The fraction of sp³-hybridized carbons (Fsp3) is 0.533. The number of piperidine rings is 1. The average Bonchev–Trinajstić information content (AvgIpc) is 2.96. The minimum atomic E-state index is -3.27. The number of rotatable bonds is 5. The molecule has 1 aliphatic rings. The van der Waals surface area contributed by atoms with Crippen LogP contribution in [-0.4, -0.2) is 50.4 Å². The maximum absolute atomic E-state index is 13.2. The number of fused-ring (bicyclic) bond motifs is 1. The molecule has 0 radical (unpaired) electrons. The zero-order valence-electron chi connectivity index (χ0n) is 12.9. The topological polar surface area (TPSA) is 72.6 Å². The Hall–Kier alpha value is -1.51. The van der Waals surface area contributed by atoms with Crippen LogP contribution in [-0.2, 0) is 14.8 Å². The summed E-state index contributed by atoms with van der Waals surface area (Å²) >= 11 is 0. The van der Waals surface area contributed by atoms with Crippen molar-refractivity contribution in [3.8, 4) is 0 Å². The Balaban J connectivity index is 1.71. The van der Waals surface area contributed by atoms with Crippen LogP contribution in [0.25, 0.3) is 11.0 Å². The second-order valence-corrected chi connectivity index (χ2v) is 7.78. The first-order valence-corrected chi connectivity index (χ1v) is 9.14. The van der Waals surface area contributed by atoms with Crippen LogP contribution in [0.4, 0.5) is 4.39 Å². The molecular weight excluding hydrogens is 323 g/mol. The zero-order chi connectivity index (χ0) is 16.4. The number of sulfonamides is 1. The number of ether oxygens (including phenoxy) is 1. The quantitative estimate of drug-likeness (QED) is 0.832. The van der Waals surface area contributed by atoms with Crippen molar-refractivity contribution in [2.75, 3.05) is 32.6 Å². The highest BCUT2D eigenvalue weighted by atomic mass is 32.2. The molecule has 8 heteroatoms. The molecular formula is C15H19FN2O4S. The molecule has 1 aromatic heterocycles. The van der Waals surface area contributed by atoms with Crippen molar-refractivity contribution in [2.24, 2.45) is 0 Å². The van der Waals surface area contributed by atoms with E-state index in [1.165, 1.54) is 23.5 Å². The van der Waals surface area contributed by atoms with Gasteiger partial charge < -0.3 is 9.26 Å². The van der Waals surface area contributed by atoms with E-state index in [-0.39, 0.29) is 24.1 Å². The molecule has 0 aliphatic carbocycles. The van der Waals surface area contributed by atoms with Gasteiger partial charge >= 0.3 is 0 Å². The predicted molar refractivity (Wildman–Crippen MR) is 83.2 cm³/mol. The van der Waals surface area contributed by atoms with Crippen LogP contribution in [0.1, 0.15) is 24.5 Å². The number of hydrogen-bond donors (Lipinski definition) is 0. The van der Waals surface area contributed by atoms with E-state index < -0.39 is 10.0 Å². The van der Waals surface area contributed by atoms with E-state index in [1.807, 2.05) is 0 Å². The first-order valence-electron chi connectivity index (χ1n) is 7.53. The number of halogens is 1. The monoisotopic (exact) mass is 342 g/mol. The molecule has 6 nitrogen and oxygen atoms in total. The molecule has 0 unspecified atom stereocenters. The Morgan fingerprint density at radius 3 is 2.83 bits per heavy atom. The Bertz CT molecular complexity index is 782. The van der Waals surface area contributed by atoms with Crippen molar-refractivity contribution in [2.45, 2.75) is 18.8 Å². The van der Waals surface area contributed by atoms with Gasteiger partial charge in [-0.2, -0.15) is 0 Å². The van der Waals surface area contributed by atoms with Gasteiger partial charge in [0.15, 0.2) is 5.58 Å². The summed E-state index contributed by atoms with van der Waals surface area (Å²) in [5.41, 5.74) is 1.21. The smallest absolute Gasteiger partial charge is 0.216 e. The third kappa shape index (κ3) is 3.39. The SMILES string of the molecule is COCCS(=O)(=O)N1CCC(c2noc3cc(F)ccc23)CC1. The van der Waals surface area contributed by atoms with Gasteiger partial charge in [0.2, 0.25) is 10.0 Å². The van der Waals surface area contributed by atoms with Gasteiger partial charge in [-0.1, -0.05) is 5.16 Å². The van der Waals surface area contributed by atoms with Gasteiger partial charge in [0.25, 0.3) is 0 Å². The Morgan fingerprint density at radius 2 is 2.13 bits per heavy atom. The van der Waals surface area contributed by atoms with E-state index in [4.69, 9.17) is 9.26 Å². The van der Waals surface area contributed by atoms with Crippen molar-refractivity contribution >= 4 is 21.0 Å². The molecule has 0 bridgehead atoms. The zero-order valence-corrected chi connectivity index (χ0v) is 13.7. The summed E-state index contributed by atoms with van der Waals surface area (Å²) in [5.74, 6) is -0.241. The van der Waals surface area contributed by atoms with Crippen molar-refractivity contribution < 1.29 is 22.1 Å². The maximum Gasteiger partial charge on any atom is 0.216 e. The fourth-order valence-corrected chi connectivity index (χ4v) is 4.35. The second-order valence-electron chi connectivity index (χ2n) is 5.69. The molecule has 1 aromatic carbocycles. The first kappa shape index (κ1) is 16.4. The average molecular weight is 342 g/mol. The first-order chi connectivity index (χ1) is 11.0. The van der Waals surface area contributed by atoms with Gasteiger partial charge in [-0.05, 0) is 25.0 Å². The summed E-state index contributed by atoms with van der Waals surface area (Å²) in [6, 6.07) is 4.36. The molecule has 2 heterocycles. The van der Waals surface area contributed by atoms with E-state index in [0.29, 0.717) is 31.5 Å². The van der Waals surface area contributed by atoms with E-state index in [0.717, 1.165) is 11.1 Å². The van der Waals surface area contributed by atoms with Crippen LogP contribution in [0.15, 0.2) is 22.7 Å². The van der Waals surface area contributed by atoms with Crippen LogP contribution < -0.4 is 0 Å². The lowest BCUT2D eigenvalue weighted by Gasteiger charge is -2.30. The van der Waals surface area contributed by atoms with Gasteiger partial charge in [0.05, 0.1) is 18.1 Å². The number of aromatic nitrogens is 1. The highest BCUT2D eigenvalue weighted by molar-refractivity contribution is 7.89. The molecule has 0 atom stereocenters. The molecule has 0 N–H and O–H groups in total.